The summed E-state index contributed by atoms with van der Waals surface area (Å²) in [5.41, 5.74) is 2.35. The fourth-order valence-electron chi connectivity index (χ4n) is 1.47. The quantitative estimate of drug-likeness (QED) is 0.631. The van der Waals surface area contributed by atoms with Crippen molar-refractivity contribution in [2.75, 3.05) is 5.75 Å². The minimum atomic E-state index is 0.765. The van der Waals surface area contributed by atoms with E-state index in [1.54, 1.807) is 0 Å². The minimum Gasteiger partial charge on any atom is -0.346 e. The maximum absolute atomic E-state index is 5.26. The number of aromatic amines is 1. The number of H-pyrrole nitrogens is 1. The van der Waals surface area contributed by atoms with E-state index in [2.05, 4.69) is 30.7 Å². The molecule has 0 aliphatic rings. The Morgan fingerprint density at radius 2 is 2.13 bits per heavy atom. The monoisotopic (exact) mass is 242 g/mol. The molecule has 1 rings (SSSR count). The van der Waals surface area contributed by atoms with Gasteiger partial charge in [0.1, 0.15) is 10.5 Å². The molecule has 84 valence electrons. The van der Waals surface area contributed by atoms with Crippen LogP contribution in [0.25, 0.3) is 0 Å². The molecule has 0 radical (unpaired) electrons. The van der Waals surface area contributed by atoms with Gasteiger partial charge in [0.2, 0.25) is 0 Å². The zero-order valence-electron chi connectivity index (χ0n) is 9.59. The molecule has 0 aliphatic carbocycles. The Balaban J connectivity index is 2.80. The summed E-state index contributed by atoms with van der Waals surface area (Å²) in [6.45, 7) is 6.37. The van der Waals surface area contributed by atoms with Gasteiger partial charge in [-0.25, -0.2) is 4.98 Å². The van der Waals surface area contributed by atoms with Crippen molar-refractivity contribution in [3.63, 3.8) is 0 Å². The molecule has 4 heteroatoms. The normalized spacial score (nSPS) is 10.6. The first-order valence-corrected chi connectivity index (χ1v) is 6.91. The minimum absolute atomic E-state index is 0.765. The van der Waals surface area contributed by atoms with Crippen LogP contribution < -0.4 is 0 Å². The Labute approximate surface area is 101 Å². The van der Waals surface area contributed by atoms with E-state index in [0.717, 1.165) is 22.6 Å². The van der Waals surface area contributed by atoms with Crippen LogP contribution in [0.15, 0.2) is 0 Å². The highest BCUT2D eigenvalue weighted by atomic mass is 32.2. The summed E-state index contributed by atoms with van der Waals surface area (Å²) in [5, 5.41) is 0. The van der Waals surface area contributed by atoms with Gasteiger partial charge in [-0.05, 0) is 25.5 Å². The van der Waals surface area contributed by atoms with Gasteiger partial charge in [-0.1, -0.05) is 26.1 Å². The average Bonchev–Trinajstić information content (AvgIpc) is 2.18. The lowest BCUT2D eigenvalue weighted by Crippen LogP contribution is -2.01. The van der Waals surface area contributed by atoms with Crippen LogP contribution in [0.3, 0.4) is 0 Å². The Bertz CT molecular complexity index is 371. The van der Waals surface area contributed by atoms with Crippen molar-refractivity contribution in [3.05, 3.63) is 21.7 Å². The topological polar surface area (TPSA) is 28.7 Å². The number of aryl methyl sites for hydroxylation is 1. The Morgan fingerprint density at radius 3 is 2.67 bits per heavy atom. The standard InChI is InChI=1S/C11H18N2S2/c1-4-6-15-7-10-12-8(3)9(5-2)11(14)13-10/h4-7H2,1-3H3,(H,12,13,14). The summed E-state index contributed by atoms with van der Waals surface area (Å²) in [5.74, 6) is 3.12. The molecule has 15 heavy (non-hydrogen) atoms. The predicted octanol–water partition coefficient (Wildman–Crippen LogP) is 3.65. The van der Waals surface area contributed by atoms with Gasteiger partial charge in [0.15, 0.2) is 0 Å². The van der Waals surface area contributed by atoms with Crippen LogP contribution in [0.5, 0.6) is 0 Å². The first-order chi connectivity index (χ1) is 7.19. The number of hydrogen-bond acceptors (Lipinski definition) is 3. The molecular weight excluding hydrogens is 224 g/mol. The number of aromatic nitrogens is 2. The first kappa shape index (κ1) is 12.7. The van der Waals surface area contributed by atoms with Crippen LogP contribution in [0.4, 0.5) is 0 Å². The molecule has 0 saturated heterocycles. The van der Waals surface area contributed by atoms with Crippen LogP contribution in [0.1, 0.15) is 37.4 Å². The van der Waals surface area contributed by atoms with Crippen LogP contribution in [-0.4, -0.2) is 15.7 Å². The largest absolute Gasteiger partial charge is 0.346 e. The highest BCUT2D eigenvalue weighted by Gasteiger charge is 2.03. The molecule has 1 aromatic heterocycles. The molecule has 2 nitrogen and oxygen atoms in total. The molecule has 1 aromatic rings. The number of hydrogen-bond donors (Lipinski definition) is 1. The molecule has 0 fully saturated rings. The van der Waals surface area contributed by atoms with Crippen molar-refractivity contribution >= 4 is 24.0 Å². The second-order valence-electron chi connectivity index (χ2n) is 3.50. The zero-order valence-corrected chi connectivity index (χ0v) is 11.2. The second-order valence-corrected chi connectivity index (χ2v) is 4.99. The highest BCUT2D eigenvalue weighted by Crippen LogP contribution is 2.13. The number of nitrogens with one attached hydrogen (secondary N) is 1. The van der Waals surface area contributed by atoms with E-state index in [4.69, 9.17) is 12.2 Å². The Morgan fingerprint density at radius 1 is 1.40 bits per heavy atom. The van der Waals surface area contributed by atoms with E-state index in [1.165, 1.54) is 23.4 Å². The van der Waals surface area contributed by atoms with Gasteiger partial charge in [-0.3, -0.25) is 0 Å². The van der Waals surface area contributed by atoms with Gasteiger partial charge in [0, 0.05) is 11.3 Å². The van der Waals surface area contributed by atoms with Gasteiger partial charge in [0.25, 0.3) is 0 Å². The molecule has 0 saturated carbocycles. The third-order valence-electron chi connectivity index (χ3n) is 2.22. The van der Waals surface area contributed by atoms with Gasteiger partial charge in [0.05, 0.1) is 5.75 Å². The lowest BCUT2D eigenvalue weighted by atomic mass is 10.2. The number of nitrogens with zero attached hydrogens (tertiary/aromatic N) is 1. The first-order valence-electron chi connectivity index (χ1n) is 5.35. The van der Waals surface area contributed by atoms with E-state index < -0.39 is 0 Å². The fraction of sp³-hybridized carbons (Fsp3) is 0.636. The summed E-state index contributed by atoms with van der Waals surface area (Å²) in [7, 11) is 0. The molecule has 0 aromatic carbocycles. The lowest BCUT2D eigenvalue weighted by molar-refractivity contribution is 0.926. The van der Waals surface area contributed by atoms with Gasteiger partial charge < -0.3 is 4.98 Å². The number of thioether (sulfide) groups is 1. The average molecular weight is 242 g/mol. The van der Waals surface area contributed by atoms with Crippen molar-refractivity contribution in [1.82, 2.24) is 9.97 Å². The summed E-state index contributed by atoms with van der Waals surface area (Å²) in [6, 6.07) is 0. The molecule has 1 heterocycles. The molecule has 0 unspecified atom stereocenters. The van der Waals surface area contributed by atoms with Crippen LogP contribution in [0.2, 0.25) is 0 Å². The van der Waals surface area contributed by atoms with Crippen LogP contribution in [0, 0.1) is 11.6 Å². The molecule has 0 bridgehead atoms. The summed E-state index contributed by atoms with van der Waals surface area (Å²) < 4.78 is 0.765. The summed E-state index contributed by atoms with van der Waals surface area (Å²) >= 11 is 7.16. The predicted molar refractivity (Wildman–Crippen MR) is 70.0 cm³/mol. The van der Waals surface area contributed by atoms with Gasteiger partial charge in [-0.2, -0.15) is 11.8 Å². The maximum Gasteiger partial charge on any atom is 0.133 e. The van der Waals surface area contributed by atoms with E-state index in [9.17, 15) is 0 Å². The SMILES string of the molecule is CCCSCc1nc(=S)c(CC)c(C)[nH]1. The molecule has 0 amide bonds. The van der Waals surface area contributed by atoms with Crippen molar-refractivity contribution in [1.29, 1.82) is 0 Å². The smallest absolute Gasteiger partial charge is 0.133 e. The third-order valence-corrected chi connectivity index (χ3v) is 3.73. The van der Waals surface area contributed by atoms with Crippen molar-refractivity contribution in [2.24, 2.45) is 0 Å². The molecular formula is C11H18N2S2. The second kappa shape index (κ2) is 6.28. The fourth-order valence-corrected chi connectivity index (χ4v) is 2.64. The zero-order chi connectivity index (χ0) is 11.3. The van der Waals surface area contributed by atoms with Crippen molar-refractivity contribution < 1.29 is 0 Å². The van der Waals surface area contributed by atoms with E-state index in [1.807, 2.05) is 11.8 Å². The summed E-state index contributed by atoms with van der Waals surface area (Å²) in [6.07, 6.45) is 2.16. The molecule has 0 spiro atoms. The van der Waals surface area contributed by atoms with E-state index >= 15 is 0 Å². The van der Waals surface area contributed by atoms with Crippen molar-refractivity contribution in [2.45, 2.75) is 39.4 Å². The molecule has 0 atom stereocenters. The number of rotatable bonds is 5. The maximum atomic E-state index is 5.26. The Kier molecular flexibility index (Phi) is 5.32. The van der Waals surface area contributed by atoms with Crippen LogP contribution >= 0.6 is 24.0 Å². The van der Waals surface area contributed by atoms with E-state index in [0.29, 0.717) is 0 Å². The van der Waals surface area contributed by atoms with Crippen LogP contribution in [-0.2, 0) is 12.2 Å². The van der Waals surface area contributed by atoms with Gasteiger partial charge >= 0.3 is 0 Å². The highest BCUT2D eigenvalue weighted by molar-refractivity contribution is 7.98. The van der Waals surface area contributed by atoms with E-state index in [-0.39, 0.29) is 0 Å². The molecule has 0 aliphatic heterocycles. The summed E-state index contributed by atoms with van der Waals surface area (Å²) in [4.78, 5) is 7.74. The Hall–Kier alpha value is -0.350. The molecule has 1 N–H and O–H groups in total. The third kappa shape index (κ3) is 3.61. The lowest BCUT2D eigenvalue weighted by Gasteiger charge is -2.06. The van der Waals surface area contributed by atoms with Gasteiger partial charge in [-0.15, -0.1) is 0 Å². The van der Waals surface area contributed by atoms with Crippen molar-refractivity contribution in [3.8, 4) is 0 Å².